The lowest BCUT2D eigenvalue weighted by Gasteiger charge is -2.26. The van der Waals surface area contributed by atoms with E-state index in [9.17, 15) is 4.79 Å². The van der Waals surface area contributed by atoms with Crippen molar-refractivity contribution in [3.63, 3.8) is 0 Å². The lowest BCUT2D eigenvalue weighted by Crippen LogP contribution is -2.41. The number of aromatic nitrogens is 3. The van der Waals surface area contributed by atoms with Gasteiger partial charge in [0.1, 0.15) is 0 Å². The summed E-state index contributed by atoms with van der Waals surface area (Å²) in [5.74, 6) is 0.0661. The molecule has 0 saturated carbocycles. The van der Waals surface area contributed by atoms with Gasteiger partial charge in [-0.2, -0.15) is 4.68 Å². The van der Waals surface area contributed by atoms with Crippen molar-refractivity contribution in [3.05, 3.63) is 35.5 Å². The second kappa shape index (κ2) is 5.53. The Balaban J connectivity index is 1.92. The van der Waals surface area contributed by atoms with Gasteiger partial charge in [-0.25, -0.2) is 0 Å². The number of amides is 1. The highest BCUT2D eigenvalue weighted by Gasteiger charge is 2.25. The zero-order chi connectivity index (χ0) is 14.8. The molecule has 2 N–H and O–H groups in total. The topological polar surface area (TPSA) is 86.3 Å². The number of para-hydroxylation sites is 1. The molecule has 0 aliphatic carbocycles. The highest BCUT2D eigenvalue weighted by Crippen LogP contribution is 2.19. The number of carbonyl (C=O) groups excluding carboxylic acids is 1. The molecule has 1 aromatic heterocycles. The minimum Gasteiger partial charge on any atom is -0.382 e. The summed E-state index contributed by atoms with van der Waals surface area (Å²) in [6, 6.07) is 7.68. The van der Waals surface area contributed by atoms with Gasteiger partial charge in [0.05, 0.1) is 18.9 Å². The van der Waals surface area contributed by atoms with E-state index in [1.165, 1.54) is 4.68 Å². The van der Waals surface area contributed by atoms with Gasteiger partial charge in [-0.15, -0.1) is 5.10 Å². The summed E-state index contributed by atoms with van der Waals surface area (Å²) in [6.45, 7) is 4.14. The van der Waals surface area contributed by atoms with Crippen LogP contribution in [0.25, 0.3) is 5.69 Å². The molecule has 0 spiro atoms. The van der Waals surface area contributed by atoms with Crippen LogP contribution in [-0.4, -0.2) is 52.1 Å². The van der Waals surface area contributed by atoms with Gasteiger partial charge >= 0.3 is 0 Å². The Hall–Kier alpha value is -2.41. The van der Waals surface area contributed by atoms with Crippen LogP contribution in [0.15, 0.2) is 24.3 Å². The number of anilines is 1. The molecule has 21 heavy (non-hydrogen) atoms. The van der Waals surface area contributed by atoms with Crippen molar-refractivity contribution in [1.82, 2.24) is 19.9 Å². The van der Waals surface area contributed by atoms with Crippen LogP contribution in [-0.2, 0) is 4.74 Å². The van der Waals surface area contributed by atoms with Crippen LogP contribution < -0.4 is 5.73 Å². The first-order chi connectivity index (χ1) is 10.2. The van der Waals surface area contributed by atoms with Crippen LogP contribution in [0.3, 0.4) is 0 Å². The highest BCUT2D eigenvalue weighted by molar-refractivity contribution is 5.96. The smallest absolute Gasteiger partial charge is 0.278 e. The van der Waals surface area contributed by atoms with E-state index >= 15 is 0 Å². The highest BCUT2D eigenvalue weighted by atomic mass is 16.5. The van der Waals surface area contributed by atoms with E-state index in [1.807, 2.05) is 31.2 Å². The van der Waals surface area contributed by atoms with Crippen LogP contribution in [0.2, 0.25) is 0 Å². The molecule has 1 saturated heterocycles. The Kier molecular flexibility index (Phi) is 3.57. The fourth-order valence-electron chi connectivity index (χ4n) is 2.34. The Bertz CT molecular complexity index is 661. The summed E-state index contributed by atoms with van der Waals surface area (Å²) >= 11 is 0. The van der Waals surface area contributed by atoms with Crippen molar-refractivity contribution < 1.29 is 9.53 Å². The van der Waals surface area contributed by atoms with Gasteiger partial charge in [-0.05, 0) is 18.6 Å². The van der Waals surface area contributed by atoms with Crippen LogP contribution in [0.4, 0.5) is 5.82 Å². The van der Waals surface area contributed by atoms with E-state index in [1.54, 1.807) is 4.90 Å². The predicted octanol–water partition coefficient (Wildman–Crippen LogP) is 0.630. The van der Waals surface area contributed by atoms with E-state index in [2.05, 4.69) is 10.3 Å². The van der Waals surface area contributed by atoms with Crippen molar-refractivity contribution in [2.24, 2.45) is 0 Å². The first kappa shape index (κ1) is 13.6. The molecule has 1 aliphatic heterocycles. The lowest BCUT2D eigenvalue weighted by molar-refractivity contribution is 0.0299. The molecule has 7 heteroatoms. The normalized spacial score (nSPS) is 15.2. The van der Waals surface area contributed by atoms with E-state index in [-0.39, 0.29) is 17.4 Å². The average molecular weight is 287 g/mol. The van der Waals surface area contributed by atoms with Gasteiger partial charge in [0.2, 0.25) is 0 Å². The largest absolute Gasteiger partial charge is 0.382 e. The standard InChI is InChI=1S/C14H17N5O2/c1-10-4-2-3-5-11(10)19-13(15)12(16-17-19)14(20)18-6-8-21-9-7-18/h2-5H,6-9,15H2,1H3. The second-order valence-electron chi connectivity index (χ2n) is 4.93. The molecule has 0 radical (unpaired) electrons. The third-order valence-electron chi connectivity index (χ3n) is 3.55. The second-order valence-corrected chi connectivity index (χ2v) is 4.93. The molecule has 2 heterocycles. The molecule has 1 fully saturated rings. The Morgan fingerprint density at radius 1 is 1.29 bits per heavy atom. The number of benzene rings is 1. The maximum atomic E-state index is 12.4. The molecular formula is C14H17N5O2. The van der Waals surface area contributed by atoms with Gasteiger partial charge in [-0.1, -0.05) is 23.4 Å². The number of aryl methyl sites for hydroxylation is 1. The van der Waals surface area contributed by atoms with Gasteiger partial charge in [0.25, 0.3) is 5.91 Å². The molecule has 2 aromatic rings. The summed E-state index contributed by atoms with van der Waals surface area (Å²) in [4.78, 5) is 14.1. The van der Waals surface area contributed by atoms with Crippen LogP contribution in [0.5, 0.6) is 0 Å². The minimum absolute atomic E-state index is 0.195. The lowest BCUT2D eigenvalue weighted by atomic mass is 10.2. The number of morpholine rings is 1. The minimum atomic E-state index is -0.198. The van der Waals surface area contributed by atoms with Crippen LogP contribution in [0, 0.1) is 6.92 Å². The van der Waals surface area contributed by atoms with E-state index < -0.39 is 0 Å². The summed E-state index contributed by atoms with van der Waals surface area (Å²) in [5.41, 5.74) is 8.10. The fourth-order valence-corrected chi connectivity index (χ4v) is 2.34. The average Bonchev–Trinajstić information content (AvgIpc) is 2.89. The quantitative estimate of drug-likeness (QED) is 0.875. The molecule has 0 unspecified atom stereocenters. The zero-order valence-corrected chi connectivity index (χ0v) is 11.8. The Labute approximate surface area is 122 Å². The van der Waals surface area contributed by atoms with Gasteiger partial charge in [0.15, 0.2) is 11.5 Å². The van der Waals surface area contributed by atoms with Gasteiger partial charge in [-0.3, -0.25) is 4.79 Å². The van der Waals surface area contributed by atoms with E-state index in [4.69, 9.17) is 10.5 Å². The fraction of sp³-hybridized carbons (Fsp3) is 0.357. The number of hydrogen-bond donors (Lipinski definition) is 1. The molecule has 1 aliphatic rings. The summed E-state index contributed by atoms with van der Waals surface area (Å²) in [7, 11) is 0. The van der Waals surface area contributed by atoms with Crippen molar-refractivity contribution in [3.8, 4) is 5.69 Å². The maximum absolute atomic E-state index is 12.4. The number of ether oxygens (including phenoxy) is 1. The number of rotatable bonds is 2. The first-order valence-electron chi connectivity index (χ1n) is 6.82. The molecule has 1 amide bonds. The third-order valence-corrected chi connectivity index (χ3v) is 3.55. The zero-order valence-electron chi connectivity index (χ0n) is 11.8. The Morgan fingerprint density at radius 2 is 2.00 bits per heavy atom. The molecule has 1 aromatic carbocycles. The predicted molar refractivity (Wildman–Crippen MR) is 77.2 cm³/mol. The van der Waals surface area contributed by atoms with E-state index in [0.29, 0.717) is 26.3 Å². The molecule has 110 valence electrons. The monoisotopic (exact) mass is 287 g/mol. The van der Waals surface area contributed by atoms with Crippen molar-refractivity contribution in [2.45, 2.75) is 6.92 Å². The Morgan fingerprint density at radius 3 is 2.71 bits per heavy atom. The molecule has 7 nitrogen and oxygen atoms in total. The van der Waals surface area contributed by atoms with E-state index in [0.717, 1.165) is 11.3 Å². The van der Waals surface area contributed by atoms with Crippen molar-refractivity contribution in [2.75, 3.05) is 32.0 Å². The molecule has 3 rings (SSSR count). The van der Waals surface area contributed by atoms with Crippen molar-refractivity contribution in [1.29, 1.82) is 0 Å². The number of nitrogens with zero attached hydrogens (tertiary/aromatic N) is 4. The number of nitrogen functional groups attached to an aromatic ring is 1. The number of nitrogens with two attached hydrogens (primary N) is 1. The number of carbonyl (C=O) groups is 1. The third kappa shape index (κ3) is 2.47. The molecule has 0 atom stereocenters. The van der Waals surface area contributed by atoms with Crippen LogP contribution >= 0.6 is 0 Å². The van der Waals surface area contributed by atoms with Crippen LogP contribution in [0.1, 0.15) is 16.1 Å². The van der Waals surface area contributed by atoms with Crippen molar-refractivity contribution >= 4 is 11.7 Å². The van der Waals surface area contributed by atoms with Gasteiger partial charge < -0.3 is 15.4 Å². The summed E-state index contributed by atoms with van der Waals surface area (Å²) < 4.78 is 6.74. The summed E-state index contributed by atoms with van der Waals surface area (Å²) in [5, 5.41) is 7.99. The SMILES string of the molecule is Cc1ccccc1-n1nnc(C(=O)N2CCOCC2)c1N. The maximum Gasteiger partial charge on any atom is 0.278 e. The first-order valence-corrected chi connectivity index (χ1v) is 6.82. The molecule has 0 bridgehead atoms. The number of hydrogen-bond acceptors (Lipinski definition) is 5. The molecular weight excluding hydrogens is 270 g/mol. The van der Waals surface area contributed by atoms with Gasteiger partial charge in [0, 0.05) is 13.1 Å². The summed E-state index contributed by atoms with van der Waals surface area (Å²) in [6.07, 6.45) is 0.